The Bertz CT molecular complexity index is 983. The fourth-order valence-electron chi connectivity index (χ4n) is 2.65. The molecule has 0 N–H and O–H groups in total. The molecule has 0 saturated heterocycles. The molecule has 0 atom stereocenters. The Labute approximate surface area is 153 Å². The molecule has 24 heavy (non-hydrogen) atoms. The van der Waals surface area contributed by atoms with Crippen LogP contribution >= 0.6 is 39.1 Å². The van der Waals surface area contributed by atoms with Gasteiger partial charge in [0.15, 0.2) is 5.78 Å². The van der Waals surface area contributed by atoms with Gasteiger partial charge in [-0.05, 0) is 40.4 Å². The number of ketones is 1. The second-order valence-corrected chi connectivity index (χ2v) is 6.54. The molecule has 0 amide bonds. The van der Waals surface area contributed by atoms with Crippen LogP contribution in [0.4, 0.5) is 13.2 Å². The van der Waals surface area contributed by atoms with E-state index in [0.717, 1.165) is 12.1 Å². The van der Waals surface area contributed by atoms with E-state index < -0.39 is 11.7 Å². The quantitative estimate of drug-likeness (QED) is 0.243. The lowest BCUT2D eigenvalue weighted by Gasteiger charge is -2.13. The van der Waals surface area contributed by atoms with Crippen LogP contribution in [0, 0.1) is 0 Å². The van der Waals surface area contributed by atoms with Crippen LogP contribution in [0.5, 0.6) is 0 Å². The van der Waals surface area contributed by atoms with Crippen molar-refractivity contribution in [2.75, 3.05) is 5.33 Å². The summed E-state index contributed by atoms with van der Waals surface area (Å²) >= 11 is 15.3. The molecule has 0 saturated carbocycles. The number of rotatable bonds is 2. The molecule has 0 spiro atoms. The lowest BCUT2D eigenvalue weighted by Crippen LogP contribution is -2.06. The maximum Gasteiger partial charge on any atom is 0.416 e. The van der Waals surface area contributed by atoms with Crippen molar-refractivity contribution >= 4 is 66.5 Å². The Hall–Kier alpha value is -1.30. The van der Waals surface area contributed by atoms with E-state index in [1.54, 1.807) is 12.1 Å². The van der Waals surface area contributed by atoms with Crippen LogP contribution in [-0.2, 0) is 6.18 Å². The lowest BCUT2D eigenvalue weighted by atomic mass is 9.94. The predicted octanol–water partition coefficient (Wildman–Crippen LogP) is 6.90. The molecule has 0 aromatic heterocycles. The van der Waals surface area contributed by atoms with Gasteiger partial charge in [-0.2, -0.15) is 13.2 Å². The summed E-state index contributed by atoms with van der Waals surface area (Å²) < 4.78 is 39.2. The average molecular weight is 436 g/mol. The topological polar surface area (TPSA) is 17.1 Å². The molecule has 0 fully saturated rings. The molecule has 3 rings (SSSR count). The zero-order valence-electron chi connectivity index (χ0n) is 11.8. The third-order valence-corrected chi connectivity index (χ3v) is 5.10. The van der Waals surface area contributed by atoms with Gasteiger partial charge in [0.25, 0.3) is 0 Å². The SMILES string of the molecule is O=C(CBr)c1cc2c(Cl)c(Cl)ccc2c2cc(C(F)(F)F)ccc12. The minimum absolute atomic E-state index is 0.0484. The molecule has 0 unspecified atom stereocenters. The van der Waals surface area contributed by atoms with Crippen LogP contribution in [0.1, 0.15) is 15.9 Å². The fraction of sp³-hybridized carbons (Fsp3) is 0.118. The number of hydrogen-bond acceptors (Lipinski definition) is 1. The predicted molar refractivity (Wildman–Crippen MR) is 94.6 cm³/mol. The van der Waals surface area contributed by atoms with Crippen molar-refractivity contribution in [2.45, 2.75) is 6.18 Å². The Morgan fingerprint density at radius 1 is 0.958 bits per heavy atom. The number of Topliss-reactive ketones (excluding diaryl/α,β-unsaturated/α-hetero) is 1. The van der Waals surface area contributed by atoms with Crippen molar-refractivity contribution < 1.29 is 18.0 Å². The molecule has 0 heterocycles. The Balaban J connectivity index is 2.51. The van der Waals surface area contributed by atoms with Crippen molar-refractivity contribution in [3.8, 4) is 0 Å². The smallest absolute Gasteiger partial charge is 0.293 e. The van der Waals surface area contributed by atoms with Crippen LogP contribution < -0.4 is 0 Å². The minimum Gasteiger partial charge on any atom is -0.293 e. The van der Waals surface area contributed by atoms with Gasteiger partial charge < -0.3 is 0 Å². The van der Waals surface area contributed by atoms with Gasteiger partial charge in [0.1, 0.15) is 0 Å². The summed E-state index contributed by atoms with van der Waals surface area (Å²) in [4.78, 5) is 12.2. The lowest BCUT2D eigenvalue weighted by molar-refractivity contribution is -0.137. The second-order valence-electron chi connectivity index (χ2n) is 5.20. The highest BCUT2D eigenvalue weighted by Gasteiger charge is 2.31. The third-order valence-electron chi connectivity index (χ3n) is 3.77. The van der Waals surface area contributed by atoms with Gasteiger partial charge in [0.2, 0.25) is 0 Å². The van der Waals surface area contributed by atoms with Gasteiger partial charge in [-0.3, -0.25) is 4.79 Å². The molecule has 7 heteroatoms. The largest absolute Gasteiger partial charge is 0.416 e. The first-order valence-electron chi connectivity index (χ1n) is 6.75. The molecular formula is C17H8BrCl2F3O. The van der Waals surface area contributed by atoms with E-state index in [1.165, 1.54) is 12.1 Å². The van der Waals surface area contributed by atoms with E-state index in [1.807, 2.05) is 0 Å². The molecule has 124 valence electrons. The normalized spacial score (nSPS) is 12.1. The zero-order valence-corrected chi connectivity index (χ0v) is 14.9. The highest BCUT2D eigenvalue weighted by molar-refractivity contribution is 9.09. The summed E-state index contributed by atoms with van der Waals surface area (Å²) in [5, 5.41) is 2.23. The summed E-state index contributed by atoms with van der Waals surface area (Å²) in [6, 6.07) is 8.02. The molecule has 0 aliphatic rings. The monoisotopic (exact) mass is 434 g/mol. The number of carbonyl (C=O) groups excluding carboxylic acids is 1. The van der Waals surface area contributed by atoms with Gasteiger partial charge in [-0.25, -0.2) is 0 Å². The molecule has 1 nitrogen and oxygen atoms in total. The van der Waals surface area contributed by atoms with Crippen molar-refractivity contribution in [1.82, 2.24) is 0 Å². The summed E-state index contributed by atoms with van der Waals surface area (Å²) in [6.45, 7) is 0. The van der Waals surface area contributed by atoms with E-state index in [0.29, 0.717) is 27.1 Å². The van der Waals surface area contributed by atoms with Crippen molar-refractivity contribution in [1.29, 1.82) is 0 Å². The Morgan fingerprint density at radius 3 is 2.25 bits per heavy atom. The van der Waals surface area contributed by atoms with E-state index in [4.69, 9.17) is 23.2 Å². The fourth-order valence-corrected chi connectivity index (χ4v) is 3.33. The first-order valence-corrected chi connectivity index (χ1v) is 8.62. The highest BCUT2D eigenvalue weighted by atomic mass is 79.9. The number of benzene rings is 3. The van der Waals surface area contributed by atoms with E-state index in [2.05, 4.69) is 15.9 Å². The van der Waals surface area contributed by atoms with Crippen LogP contribution in [0.2, 0.25) is 10.0 Å². The highest BCUT2D eigenvalue weighted by Crippen LogP contribution is 2.39. The van der Waals surface area contributed by atoms with Crippen LogP contribution in [0.25, 0.3) is 21.5 Å². The van der Waals surface area contributed by atoms with Gasteiger partial charge in [-0.1, -0.05) is 51.3 Å². The van der Waals surface area contributed by atoms with Crippen LogP contribution in [-0.4, -0.2) is 11.1 Å². The van der Waals surface area contributed by atoms with E-state index >= 15 is 0 Å². The van der Waals surface area contributed by atoms with Gasteiger partial charge >= 0.3 is 6.18 Å². The van der Waals surface area contributed by atoms with E-state index in [-0.39, 0.29) is 21.2 Å². The molecule has 0 bridgehead atoms. The maximum absolute atomic E-state index is 13.1. The standard InChI is InChI=1S/C17H8BrCl2F3O/c18-7-15(24)12-6-13-10(3-4-14(19)16(13)20)11-5-8(17(21,22)23)1-2-9(11)12/h1-6H,7H2. The molecule has 0 aliphatic carbocycles. The van der Waals surface area contributed by atoms with Crippen molar-refractivity contribution in [3.63, 3.8) is 0 Å². The van der Waals surface area contributed by atoms with Gasteiger partial charge in [-0.15, -0.1) is 0 Å². The van der Waals surface area contributed by atoms with E-state index in [9.17, 15) is 18.0 Å². The molecular weight excluding hydrogens is 428 g/mol. The van der Waals surface area contributed by atoms with Crippen molar-refractivity contribution in [2.24, 2.45) is 0 Å². The molecule has 0 aliphatic heterocycles. The first-order chi connectivity index (χ1) is 11.2. The molecule has 3 aromatic rings. The number of hydrogen-bond donors (Lipinski definition) is 0. The summed E-state index contributed by atoms with van der Waals surface area (Å²) in [5.41, 5.74) is -0.488. The van der Waals surface area contributed by atoms with Crippen LogP contribution in [0.15, 0.2) is 36.4 Å². The molecule has 3 aromatic carbocycles. The Morgan fingerprint density at radius 2 is 1.62 bits per heavy atom. The number of halogens is 6. The number of fused-ring (bicyclic) bond motifs is 3. The summed E-state index contributed by atoms with van der Waals surface area (Å²) in [6.07, 6.45) is -4.48. The Kier molecular flexibility index (Phi) is 4.53. The summed E-state index contributed by atoms with van der Waals surface area (Å²) in [7, 11) is 0. The van der Waals surface area contributed by atoms with Crippen LogP contribution in [0.3, 0.4) is 0 Å². The summed E-state index contributed by atoms with van der Waals surface area (Å²) in [5.74, 6) is -0.252. The second kappa shape index (κ2) is 6.21. The molecule has 0 radical (unpaired) electrons. The minimum atomic E-state index is -4.48. The number of alkyl halides is 4. The van der Waals surface area contributed by atoms with Gasteiger partial charge in [0.05, 0.1) is 20.9 Å². The number of carbonyl (C=O) groups is 1. The average Bonchev–Trinajstić information content (AvgIpc) is 2.55. The van der Waals surface area contributed by atoms with Crippen molar-refractivity contribution in [3.05, 3.63) is 57.6 Å². The first kappa shape index (κ1) is 17.5. The van der Waals surface area contributed by atoms with Gasteiger partial charge in [0, 0.05) is 10.9 Å². The zero-order chi connectivity index (χ0) is 17.6. The third kappa shape index (κ3) is 2.89. The maximum atomic E-state index is 13.1.